The lowest BCUT2D eigenvalue weighted by Gasteiger charge is -2.12. The van der Waals surface area contributed by atoms with Crippen LogP contribution in [0.4, 0.5) is 11.4 Å². The summed E-state index contributed by atoms with van der Waals surface area (Å²) in [7, 11) is 0. The topological polar surface area (TPSA) is 101 Å². The quantitative estimate of drug-likeness (QED) is 0.343. The van der Waals surface area contributed by atoms with Gasteiger partial charge in [0.1, 0.15) is 5.70 Å². The van der Waals surface area contributed by atoms with E-state index in [1.165, 1.54) is 30.3 Å². The normalized spacial score (nSPS) is 10.9. The van der Waals surface area contributed by atoms with Crippen molar-refractivity contribution in [1.82, 2.24) is 5.32 Å². The van der Waals surface area contributed by atoms with Crippen LogP contribution in [0.3, 0.4) is 0 Å². The number of hydrogen-bond donors (Lipinski definition) is 2. The van der Waals surface area contributed by atoms with Gasteiger partial charge in [-0.15, -0.1) is 0 Å². The van der Waals surface area contributed by atoms with Crippen molar-refractivity contribution in [1.29, 1.82) is 0 Å². The first-order valence-electron chi connectivity index (χ1n) is 8.82. The summed E-state index contributed by atoms with van der Waals surface area (Å²) in [5.74, 6) is -1.13. The van der Waals surface area contributed by atoms with Crippen LogP contribution in [0.2, 0.25) is 5.02 Å². The van der Waals surface area contributed by atoms with Crippen LogP contribution in [-0.4, -0.2) is 16.7 Å². The maximum atomic E-state index is 12.8. The monoisotopic (exact) mass is 421 g/mol. The minimum atomic E-state index is -0.590. The standard InChI is InChI=1S/C22H16ClN3O4/c23-19-9-5-4-8-18(19)21(27)25-20(14-15-6-2-1-3-7-15)22(28)24-16-10-12-17(13-11-16)26(29)30/h1-14H,(H,24,28)(H,25,27). The third-order valence-corrected chi connectivity index (χ3v) is 4.39. The summed E-state index contributed by atoms with van der Waals surface area (Å²) in [5.41, 5.74) is 1.16. The van der Waals surface area contributed by atoms with Gasteiger partial charge in [0.05, 0.1) is 15.5 Å². The number of non-ortho nitro benzene ring substituents is 1. The first-order valence-corrected chi connectivity index (χ1v) is 9.20. The average molecular weight is 422 g/mol. The molecule has 0 aliphatic heterocycles. The van der Waals surface area contributed by atoms with E-state index >= 15 is 0 Å². The first kappa shape index (κ1) is 20.8. The summed E-state index contributed by atoms with van der Waals surface area (Å²) in [5, 5.41) is 16.2. The maximum absolute atomic E-state index is 12.8. The van der Waals surface area contributed by atoms with E-state index in [4.69, 9.17) is 11.6 Å². The molecule has 0 aliphatic carbocycles. The Labute approximate surface area is 177 Å². The van der Waals surface area contributed by atoms with Gasteiger partial charge in [0.15, 0.2) is 0 Å². The van der Waals surface area contributed by atoms with Crippen LogP contribution in [0.1, 0.15) is 15.9 Å². The zero-order chi connectivity index (χ0) is 21.5. The molecule has 2 amide bonds. The zero-order valence-electron chi connectivity index (χ0n) is 15.5. The van der Waals surface area contributed by atoms with Gasteiger partial charge in [-0.2, -0.15) is 0 Å². The summed E-state index contributed by atoms with van der Waals surface area (Å²) in [6.07, 6.45) is 1.52. The van der Waals surface area contributed by atoms with Crippen molar-refractivity contribution < 1.29 is 14.5 Å². The summed E-state index contributed by atoms with van der Waals surface area (Å²) >= 11 is 6.08. The fraction of sp³-hybridized carbons (Fsp3) is 0. The van der Waals surface area contributed by atoms with Crippen LogP contribution < -0.4 is 10.6 Å². The minimum absolute atomic E-state index is 0.00975. The van der Waals surface area contributed by atoms with Gasteiger partial charge >= 0.3 is 0 Å². The Kier molecular flexibility index (Phi) is 6.56. The third-order valence-electron chi connectivity index (χ3n) is 4.06. The van der Waals surface area contributed by atoms with Crippen molar-refractivity contribution in [3.63, 3.8) is 0 Å². The number of benzene rings is 3. The molecule has 0 bridgehead atoms. The van der Waals surface area contributed by atoms with Crippen molar-refractivity contribution >= 4 is 40.9 Å². The molecule has 0 radical (unpaired) electrons. The lowest BCUT2D eigenvalue weighted by atomic mass is 10.1. The van der Waals surface area contributed by atoms with Gasteiger partial charge in [0.2, 0.25) is 0 Å². The van der Waals surface area contributed by atoms with Gasteiger partial charge in [-0.1, -0.05) is 54.1 Å². The number of nitro benzene ring substituents is 1. The van der Waals surface area contributed by atoms with E-state index in [0.29, 0.717) is 11.3 Å². The number of carbonyl (C=O) groups excluding carboxylic acids is 2. The van der Waals surface area contributed by atoms with E-state index in [-0.39, 0.29) is 22.0 Å². The van der Waals surface area contributed by atoms with Gasteiger partial charge < -0.3 is 10.6 Å². The van der Waals surface area contributed by atoms with E-state index in [9.17, 15) is 19.7 Å². The molecule has 0 saturated carbocycles. The summed E-state index contributed by atoms with van der Waals surface area (Å²) in [6, 6.07) is 20.8. The maximum Gasteiger partial charge on any atom is 0.272 e. The average Bonchev–Trinajstić information content (AvgIpc) is 2.74. The number of nitrogens with one attached hydrogen (secondary N) is 2. The van der Waals surface area contributed by atoms with Crippen molar-refractivity contribution in [2.45, 2.75) is 0 Å². The Balaban J connectivity index is 1.86. The van der Waals surface area contributed by atoms with Gasteiger partial charge in [0, 0.05) is 17.8 Å². The fourth-order valence-corrected chi connectivity index (χ4v) is 2.80. The van der Waals surface area contributed by atoms with Crippen LogP contribution in [0.15, 0.2) is 84.6 Å². The molecular weight excluding hydrogens is 406 g/mol. The molecule has 3 aromatic rings. The van der Waals surface area contributed by atoms with Crippen molar-refractivity contribution in [2.75, 3.05) is 5.32 Å². The molecule has 7 nitrogen and oxygen atoms in total. The molecule has 0 fully saturated rings. The Morgan fingerprint density at radius 2 is 1.53 bits per heavy atom. The van der Waals surface area contributed by atoms with E-state index in [1.807, 2.05) is 6.07 Å². The largest absolute Gasteiger partial charge is 0.321 e. The van der Waals surface area contributed by atoms with E-state index < -0.39 is 16.7 Å². The highest BCUT2D eigenvalue weighted by molar-refractivity contribution is 6.34. The highest BCUT2D eigenvalue weighted by Crippen LogP contribution is 2.18. The molecule has 8 heteroatoms. The van der Waals surface area contributed by atoms with Crippen LogP contribution in [0.25, 0.3) is 6.08 Å². The van der Waals surface area contributed by atoms with E-state index in [2.05, 4.69) is 10.6 Å². The van der Waals surface area contributed by atoms with Gasteiger partial charge in [0.25, 0.3) is 17.5 Å². The predicted octanol–water partition coefficient (Wildman–Crippen LogP) is 4.66. The second kappa shape index (κ2) is 9.49. The molecule has 3 rings (SSSR count). The molecule has 2 N–H and O–H groups in total. The molecule has 0 aliphatic rings. The Bertz CT molecular complexity index is 1110. The van der Waals surface area contributed by atoms with Gasteiger partial charge in [-0.05, 0) is 35.9 Å². The SMILES string of the molecule is O=C(Nc1ccc([N+](=O)[O-])cc1)C(=Cc1ccccc1)NC(=O)c1ccccc1Cl. The third kappa shape index (κ3) is 5.30. The molecule has 30 heavy (non-hydrogen) atoms. The second-order valence-electron chi connectivity index (χ2n) is 6.16. The molecule has 0 atom stereocenters. The smallest absolute Gasteiger partial charge is 0.272 e. The molecule has 0 saturated heterocycles. The van der Waals surface area contributed by atoms with E-state index in [0.717, 1.165) is 0 Å². The summed E-state index contributed by atoms with van der Waals surface area (Å²) in [4.78, 5) is 35.7. The number of halogens is 1. The fourth-order valence-electron chi connectivity index (χ4n) is 2.57. The van der Waals surface area contributed by atoms with Crippen LogP contribution in [0, 0.1) is 10.1 Å². The number of anilines is 1. The highest BCUT2D eigenvalue weighted by atomic mass is 35.5. The zero-order valence-corrected chi connectivity index (χ0v) is 16.3. The summed E-state index contributed by atoms with van der Waals surface area (Å²) < 4.78 is 0. The van der Waals surface area contributed by atoms with Crippen LogP contribution >= 0.6 is 11.6 Å². The number of rotatable bonds is 6. The molecule has 150 valence electrons. The minimum Gasteiger partial charge on any atom is -0.321 e. The number of hydrogen-bond acceptors (Lipinski definition) is 4. The predicted molar refractivity (Wildman–Crippen MR) is 115 cm³/mol. The number of carbonyl (C=O) groups is 2. The molecule has 0 aromatic heterocycles. The molecular formula is C22H16ClN3O4. The van der Waals surface area contributed by atoms with Crippen molar-refractivity contribution in [2.24, 2.45) is 0 Å². The lowest BCUT2D eigenvalue weighted by molar-refractivity contribution is -0.384. The van der Waals surface area contributed by atoms with E-state index in [1.54, 1.807) is 48.5 Å². The number of amides is 2. The Morgan fingerprint density at radius 3 is 2.17 bits per heavy atom. The molecule has 0 unspecified atom stereocenters. The Morgan fingerprint density at radius 1 is 0.900 bits per heavy atom. The first-order chi connectivity index (χ1) is 14.4. The summed E-state index contributed by atoms with van der Waals surface area (Å²) in [6.45, 7) is 0. The van der Waals surface area contributed by atoms with Crippen LogP contribution in [-0.2, 0) is 4.79 Å². The molecule has 3 aromatic carbocycles. The lowest BCUT2D eigenvalue weighted by Crippen LogP contribution is -2.30. The second-order valence-corrected chi connectivity index (χ2v) is 6.57. The van der Waals surface area contributed by atoms with Gasteiger partial charge in [-0.3, -0.25) is 19.7 Å². The van der Waals surface area contributed by atoms with Gasteiger partial charge in [-0.25, -0.2) is 0 Å². The number of nitrogens with zero attached hydrogens (tertiary/aromatic N) is 1. The molecule has 0 heterocycles. The Hall–Kier alpha value is -3.97. The van der Waals surface area contributed by atoms with Crippen LogP contribution in [0.5, 0.6) is 0 Å². The number of nitro groups is 1. The van der Waals surface area contributed by atoms with Crippen molar-refractivity contribution in [3.05, 3.63) is 111 Å². The molecule has 0 spiro atoms. The van der Waals surface area contributed by atoms with Crippen molar-refractivity contribution in [3.8, 4) is 0 Å². The highest BCUT2D eigenvalue weighted by Gasteiger charge is 2.17.